The predicted octanol–water partition coefficient (Wildman–Crippen LogP) is 2.65. The molecule has 0 bridgehead atoms. The third-order valence-corrected chi connectivity index (χ3v) is 3.56. The smallest absolute Gasteiger partial charge is 0.311 e. The predicted molar refractivity (Wildman–Crippen MR) is 93.0 cm³/mol. The van der Waals surface area contributed by atoms with Gasteiger partial charge in [0.15, 0.2) is 12.4 Å². The van der Waals surface area contributed by atoms with Gasteiger partial charge in [-0.2, -0.15) is 0 Å². The molecule has 0 aliphatic heterocycles. The number of hydrogen-bond donors (Lipinski definition) is 1. The summed E-state index contributed by atoms with van der Waals surface area (Å²) in [5.41, 5.74) is 1.67. The first-order chi connectivity index (χ1) is 12.0. The monoisotopic (exact) mass is 344 g/mol. The molecule has 7 nitrogen and oxygen atoms in total. The van der Waals surface area contributed by atoms with Crippen molar-refractivity contribution in [1.29, 1.82) is 0 Å². The molecule has 1 N–H and O–H groups in total. The molecule has 0 atom stereocenters. The SMILES string of the molecule is COc1ccc(CCNC(=O)COc2ccc(C)cc2[N+](=O)[O-])cc1. The molecule has 0 unspecified atom stereocenters. The van der Waals surface area contributed by atoms with Crippen LogP contribution in [-0.2, 0) is 11.2 Å². The largest absolute Gasteiger partial charge is 0.497 e. The molecule has 0 radical (unpaired) electrons. The highest BCUT2D eigenvalue weighted by Crippen LogP contribution is 2.27. The lowest BCUT2D eigenvalue weighted by Crippen LogP contribution is -2.30. The van der Waals surface area contributed by atoms with Gasteiger partial charge in [0, 0.05) is 12.6 Å². The molecule has 0 heterocycles. The van der Waals surface area contributed by atoms with E-state index in [0.717, 1.165) is 16.9 Å². The number of methoxy groups -OCH3 is 1. The molecule has 0 aliphatic carbocycles. The summed E-state index contributed by atoms with van der Waals surface area (Å²) in [6.45, 7) is 1.93. The van der Waals surface area contributed by atoms with Gasteiger partial charge in [0.2, 0.25) is 0 Å². The summed E-state index contributed by atoms with van der Waals surface area (Å²) in [6, 6.07) is 12.2. The molecule has 0 saturated heterocycles. The first-order valence-corrected chi connectivity index (χ1v) is 7.77. The van der Waals surface area contributed by atoms with Crippen LogP contribution in [0, 0.1) is 17.0 Å². The second-order valence-corrected chi connectivity index (χ2v) is 5.46. The summed E-state index contributed by atoms with van der Waals surface area (Å²) in [6.07, 6.45) is 0.667. The van der Waals surface area contributed by atoms with Gasteiger partial charge < -0.3 is 14.8 Å². The van der Waals surface area contributed by atoms with Crippen LogP contribution in [0.5, 0.6) is 11.5 Å². The minimum Gasteiger partial charge on any atom is -0.497 e. The van der Waals surface area contributed by atoms with E-state index in [0.29, 0.717) is 13.0 Å². The van der Waals surface area contributed by atoms with Gasteiger partial charge in [-0.3, -0.25) is 14.9 Å². The van der Waals surface area contributed by atoms with Crippen LogP contribution in [0.1, 0.15) is 11.1 Å². The van der Waals surface area contributed by atoms with Crippen LogP contribution in [0.25, 0.3) is 0 Å². The summed E-state index contributed by atoms with van der Waals surface area (Å²) < 4.78 is 10.4. The number of carbonyl (C=O) groups excluding carboxylic acids is 1. The molecule has 2 aromatic carbocycles. The van der Waals surface area contributed by atoms with E-state index in [1.807, 2.05) is 24.3 Å². The first-order valence-electron chi connectivity index (χ1n) is 7.77. The average molecular weight is 344 g/mol. The van der Waals surface area contributed by atoms with E-state index >= 15 is 0 Å². The molecule has 7 heteroatoms. The van der Waals surface area contributed by atoms with Gasteiger partial charge in [0.05, 0.1) is 12.0 Å². The van der Waals surface area contributed by atoms with Crippen LogP contribution in [0.15, 0.2) is 42.5 Å². The summed E-state index contributed by atoms with van der Waals surface area (Å²) in [4.78, 5) is 22.3. The highest BCUT2D eigenvalue weighted by atomic mass is 16.6. The quantitative estimate of drug-likeness (QED) is 0.587. The van der Waals surface area contributed by atoms with E-state index in [2.05, 4.69) is 5.32 Å². The zero-order valence-electron chi connectivity index (χ0n) is 14.2. The van der Waals surface area contributed by atoms with Crippen molar-refractivity contribution in [3.8, 4) is 11.5 Å². The number of aryl methyl sites for hydroxylation is 1. The number of rotatable bonds is 8. The zero-order chi connectivity index (χ0) is 18.2. The van der Waals surface area contributed by atoms with E-state index in [4.69, 9.17) is 9.47 Å². The molecule has 25 heavy (non-hydrogen) atoms. The Morgan fingerprint density at radius 3 is 2.56 bits per heavy atom. The van der Waals surface area contributed by atoms with Crippen molar-refractivity contribution in [1.82, 2.24) is 5.32 Å². The Morgan fingerprint density at radius 2 is 1.92 bits per heavy atom. The lowest BCUT2D eigenvalue weighted by atomic mass is 10.1. The van der Waals surface area contributed by atoms with Gasteiger partial charge in [-0.1, -0.05) is 18.2 Å². The van der Waals surface area contributed by atoms with E-state index in [9.17, 15) is 14.9 Å². The van der Waals surface area contributed by atoms with Crippen LogP contribution >= 0.6 is 0 Å². The molecular formula is C18H20N2O5. The molecule has 132 valence electrons. The average Bonchev–Trinajstić information content (AvgIpc) is 2.61. The second-order valence-electron chi connectivity index (χ2n) is 5.46. The Hall–Kier alpha value is -3.09. The molecule has 0 aromatic heterocycles. The van der Waals surface area contributed by atoms with Crippen LogP contribution in [0.3, 0.4) is 0 Å². The number of nitrogens with one attached hydrogen (secondary N) is 1. The number of ether oxygens (including phenoxy) is 2. The number of benzene rings is 2. The van der Waals surface area contributed by atoms with Gasteiger partial charge in [-0.05, 0) is 42.7 Å². The summed E-state index contributed by atoms with van der Waals surface area (Å²) >= 11 is 0. The third kappa shape index (κ3) is 5.49. The molecule has 0 spiro atoms. The van der Waals surface area contributed by atoms with E-state index in [1.54, 1.807) is 20.1 Å². The van der Waals surface area contributed by atoms with Gasteiger partial charge in [-0.15, -0.1) is 0 Å². The van der Waals surface area contributed by atoms with E-state index in [1.165, 1.54) is 12.1 Å². The summed E-state index contributed by atoms with van der Waals surface area (Å²) in [5.74, 6) is 0.533. The number of nitrogens with zero attached hydrogens (tertiary/aromatic N) is 1. The molecular weight excluding hydrogens is 324 g/mol. The standard InChI is InChI=1S/C18H20N2O5/c1-13-3-8-17(16(11-13)20(22)23)25-12-18(21)19-10-9-14-4-6-15(24-2)7-5-14/h3-8,11H,9-10,12H2,1-2H3,(H,19,21). The minimum atomic E-state index is -0.524. The van der Waals surface area contributed by atoms with E-state index in [-0.39, 0.29) is 24.0 Å². The van der Waals surface area contributed by atoms with Crippen LogP contribution in [-0.4, -0.2) is 31.1 Å². The molecule has 0 aliphatic rings. The number of nitro groups is 1. The third-order valence-electron chi connectivity index (χ3n) is 3.56. The normalized spacial score (nSPS) is 10.2. The molecule has 1 amide bonds. The lowest BCUT2D eigenvalue weighted by molar-refractivity contribution is -0.385. The Morgan fingerprint density at radius 1 is 1.20 bits per heavy atom. The second kappa shape index (κ2) is 8.68. The highest BCUT2D eigenvalue weighted by molar-refractivity contribution is 5.77. The van der Waals surface area contributed by atoms with Crippen molar-refractivity contribution >= 4 is 11.6 Å². The molecule has 0 fully saturated rings. The maximum atomic E-state index is 11.8. The number of carbonyl (C=O) groups is 1. The van der Waals surface area contributed by atoms with E-state index < -0.39 is 4.92 Å². The van der Waals surface area contributed by atoms with Gasteiger partial charge in [0.1, 0.15) is 5.75 Å². The van der Waals surface area contributed by atoms with Crippen molar-refractivity contribution in [2.24, 2.45) is 0 Å². The molecule has 2 aromatic rings. The lowest BCUT2D eigenvalue weighted by Gasteiger charge is -2.08. The minimum absolute atomic E-state index is 0.0842. The van der Waals surface area contributed by atoms with Crippen LogP contribution in [0.4, 0.5) is 5.69 Å². The maximum absolute atomic E-state index is 11.8. The fourth-order valence-corrected chi connectivity index (χ4v) is 2.22. The van der Waals surface area contributed by atoms with Crippen molar-refractivity contribution in [3.05, 3.63) is 63.7 Å². The number of amides is 1. The zero-order valence-corrected chi connectivity index (χ0v) is 14.2. The Balaban J connectivity index is 1.80. The summed E-state index contributed by atoms with van der Waals surface area (Å²) in [5, 5.41) is 13.7. The Bertz CT molecular complexity index is 744. The highest BCUT2D eigenvalue weighted by Gasteiger charge is 2.16. The molecule has 0 saturated carbocycles. The van der Waals surface area contributed by atoms with Gasteiger partial charge in [0.25, 0.3) is 5.91 Å². The van der Waals surface area contributed by atoms with Crippen molar-refractivity contribution in [2.45, 2.75) is 13.3 Å². The van der Waals surface area contributed by atoms with Crippen molar-refractivity contribution < 1.29 is 19.2 Å². The van der Waals surface area contributed by atoms with Crippen LogP contribution < -0.4 is 14.8 Å². The van der Waals surface area contributed by atoms with Crippen LogP contribution in [0.2, 0.25) is 0 Å². The maximum Gasteiger partial charge on any atom is 0.311 e. The van der Waals surface area contributed by atoms with Crippen molar-refractivity contribution in [2.75, 3.05) is 20.3 Å². The first kappa shape index (κ1) is 18.3. The number of nitro benzene ring substituents is 1. The fraction of sp³-hybridized carbons (Fsp3) is 0.278. The van der Waals surface area contributed by atoms with Gasteiger partial charge >= 0.3 is 5.69 Å². The molecule has 2 rings (SSSR count). The fourth-order valence-electron chi connectivity index (χ4n) is 2.22. The van der Waals surface area contributed by atoms with Gasteiger partial charge in [-0.25, -0.2) is 0 Å². The topological polar surface area (TPSA) is 90.7 Å². The Kier molecular flexibility index (Phi) is 6.33. The Labute approximate surface area is 145 Å². The summed E-state index contributed by atoms with van der Waals surface area (Å²) in [7, 11) is 1.60. The van der Waals surface area contributed by atoms with Crippen molar-refractivity contribution in [3.63, 3.8) is 0 Å². The number of hydrogen-bond acceptors (Lipinski definition) is 5.